The van der Waals surface area contributed by atoms with Crippen molar-refractivity contribution in [1.29, 1.82) is 0 Å². The predicted octanol–water partition coefficient (Wildman–Crippen LogP) is 2.75. The lowest BCUT2D eigenvalue weighted by Gasteiger charge is -2.31. The Labute approximate surface area is 147 Å². The van der Waals surface area contributed by atoms with Crippen LogP contribution in [0, 0.1) is 0 Å². The van der Waals surface area contributed by atoms with E-state index in [4.69, 9.17) is 9.47 Å². The normalized spacial score (nSPS) is 13.3. The number of nitrogens with one attached hydrogen (secondary N) is 1. The Morgan fingerprint density at radius 1 is 1.08 bits per heavy atom. The van der Waals surface area contributed by atoms with Crippen LogP contribution < -0.4 is 19.1 Å². The van der Waals surface area contributed by atoms with Crippen molar-refractivity contribution in [3.63, 3.8) is 0 Å². The first-order valence-corrected chi connectivity index (χ1v) is 8.59. The van der Waals surface area contributed by atoms with Crippen LogP contribution in [0.25, 0.3) is 0 Å². The van der Waals surface area contributed by atoms with E-state index in [-0.39, 0.29) is 17.3 Å². The molecular formula is C16H19ClN2O4S. The Bertz CT molecular complexity index is 827. The van der Waals surface area contributed by atoms with Gasteiger partial charge in [-0.2, -0.15) is 0 Å². The highest BCUT2D eigenvalue weighted by Crippen LogP contribution is 2.36. The van der Waals surface area contributed by atoms with Gasteiger partial charge in [-0.05, 0) is 24.3 Å². The molecule has 24 heavy (non-hydrogen) atoms. The number of hydrogen-bond acceptors (Lipinski definition) is 5. The van der Waals surface area contributed by atoms with Crippen molar-refractivity contribution >= 4 is 33.8 Å². The van der Waals surface area contributed by atoms with E-state index in [0.29, 0.717) is 30.3 Å². The molecule has 0 atom stereocenters. The van der Waals surface area contributed by atoms with Crippen LogP contribution in [0.1, 0.15) is 0 Å². The van der Waals surface area contributed by atoms with Gasteiger partial charge in [-0.15, -0.1) is 12.4 Å². The molecule has 8 heteroatoms. The van der Waals surface area contributed by atoms with E-state index < -0.39 is 10.0 Å². The van der Waals surface area contributed by atoms with Crippen LogP contribution in [0.15, 0.2) is 47.4 Å². The Morgan fingerprint density at radius 2 is 1.83 bits per heavy atom. The molecule has 1 heterocycles. The molecule has 0 spiro atoms. The minimum Gasteiger partial charge on any atom is -0.497 e. The number of nitrogens with zero attached hydrogens (tertiary/aromatic N) is 1. The van der Waals surface area contributed by atoms with Gasteiger partial charge in [0.1, 0.15) is 16.4 Å². The topological polar surface area (TPSA) is 67.9 Å². The number of sulfonamides is 1. The summed E-state index contributed by atoms with van der Waals surface area (Å²) in [6, 6.07) is 12.1. The van der Waals surface area contributed by atoms with Crippen molar-refractivity contribution in [2.75, 3.05) is 36.9 Å². The van der Waals surface area contributed by atoms with E-state index in [1.165, 1.54) is 24.6 Å². The van der Waals surface area contributed by atoms with E-state index in [2.05, 4.69) is 5.32 Å². The summed E-state index contributed by atoms with van der Waals surface area (Å²) < 4.78 is 38.1. The molecular weight excluding hydrogens is 352 g/mol. The lowest BCUT2D eigenvalue weighted by molar-refractivity contribution is 0.392. The summed E-state index contributed by atoms with van der Waals surface area (Å²) >= 11 is 0. The average Bonchev–Trinajstić information content (AvgIpc) is 2.60. The van der Waals surface area contributed by atoms with Crippen molar-refractivity contribution in [3.05, 3.63) is 42.5 Å². The van der Waals surface area contributed by atoms with Crippen molar-refractivity contribution in [2.45, 2.75) is 4.90 Å². The van der Waals surface area contributed by atoms with Gasteiger partial charge in [0.2, 0.25) is 0 Å². The Kier molecular flexibility index (Phi) is 5.46. The summed E-state index contributed by atoms with van der Waals surface area (Å²) in [5, 5.41) is 3.21. The molecule has 0 radical (unpaired) electrons. The summed E-state index contributed by atoms with van der Waals surface area (Å²) in [6.07, 6.45) is 0. The fourth-order valence-corrected chi connectivity index (χ4v) is 4.27. The maximum Gasteiger partial charge on any atom is 0.268 e. The molecule has 0 bridgehead atoms. The number of halogens is 1. The number of rotatable bonds is 4. The summed E-state index contributed by atoms with van der Waals surface area (Å²) in [4.78, 5) is 0.0936. The highest BCUT2D eigenvalue weighted by atomic mass is 35.5. The second-order valence-electron chi connectivity index (χ2n) is 5.04. The molecule has 0 saturated heterocycles. The third-order valence-corrected chi connectivity index (χ3v) is 5.58. The number of hydrogen-bond donors (Lipinski definition) is 1. The second-order valence-corrected chi connectivity index (χ2v) is 6.87. The number of para-hydroxylation sites is 2. The molecule has 1 aliphatic rings. The second kappa shape index (κ2) is 7.19. The number of methoxy groups -OCH3 is 2. The van der Waals surface area contributed by atoms with E-state index in [0.717, 1.165) is 5.69 Å². The van der Waals surface area contributed by atoms with Crippen LogP contribution in [0.4, 0.5) is 11.4 Å². The zero-order chi connectivity index (χ0) is 16.4. The van der Waals surface area contributed by atoms with Gasteiger partial charge in [0.25, 0.3) is 10.0 Å². The van der Waals surface area contributed by atoms with E-state index >= 15 is 0 Å². The third kappa shape index (κ3) is 3.09. The first-order valence-electron chi connectivity index (χ1n) is 7.15. The molecule has 0 amide bonds. The van der Waals surface area contributed by atoms with Crippen LogP contribution in [0.5, 0.6) is 11.5 Å². The lowest BCUT2D eigenvalue weighted by Crippen LogP contribution is -2.38. The zero-order valence-electron chi connectivity index (χ0n) is 13.4. The molecule has 6 nitrogen and oxygen atoms in total. The van der Waals surface area contributed by atoms with Gasteiger partial charge in [-0.3, -0.25) is 4.31 Å². The van der Waals surface area contributed by atoms with Crippen LogP contribution in [-0.2, 0) is 10.0 Å². The Morgan fingerprint density at radius 3 is 2.54 bits per heavy atom. The van der Waals surface area contributed by atoms with Crippen molar-refractivity contribution in [2.24, 2.45) is 0 Å². The lowest BCUT2D eigenvalue weighted by atomic mass is 10.2. The number of benzene rings is 2. The molecule has 1 aliphatic heterocycles. The van der Waals surface area contributed by atoms with Crippen molar-refractivity contribution in [1.82, 2.24) is 0 Å². The summed E-state index contributed by atoms with van der Waals surface area (Å²) in [7, 11) is -0.813. The quantitative estimate of drug-likeness (QED) is 0.896. The number of anilines is 2. The Balaban J connectivity index is 0.00000208. The van der Waals surface area contributed by atoms with Crippen molar-refractivity contribution in [3.8, 4) is 11.5 Å². The van der Waals surface area contributed by atoms with Gasteiger partial charge >= 0.3 is 0 Å². The van der Waals surface area contributed by atoms with Crippen molar-refractivity contribution < 1.29 is 17.9 Å². The number of fused-ring (bicyclic) bond motifs is 1. The first kappa shape index (κ1) is 18.2. The van der Waals surface area contributed by atoms with Crippen LogP contribution in [-0.4, -0.2) is 35.7 Å². The minimum absolute atomic E-state index is 0. The highest BCUT2D eigenvalue weighted by Gasteiger charge is 2.31. The highest BCUT2D eigenvalue weighted by molar-refractivity contribution is 7.93. The average molecular weight is 371 g/mol. The minimum atomic E-state index is -3.76. The fourth-order valence-electron chi connectivity index (χ4n) is 2.61. The SMILES string of the molecule is COc1ccc(OC)c(S(=O)(=O)N2CCNc3ccccc32)c1.Cl. The van der Waals surface area contributed by atoms with Crippen LogP contribution >= 0.6 is 12.4 Å². The predicted molar refractivity (Wildman–Crippen MR) is 96.3 cm³/mol. The molecule has 0 fully saturated rings. The smallest absolute Gasteiger partial charge is 0.268 e. The molecule has 2 aromatic carbocycles. The van der Waals surface area contributed by atoms with Crippen LogP contribution in [0.2, 0.25) is 0 Å². The van der Waals surface area contributed by atoms with E-state index in [9.17, 15) is 8.42 Å². The summed E-state index contributed by atoms with van der Waals surface area (Å²) in [6.45, 7) is 0.891. The summed E-state index contributed by atoms with van der Waals surface area (Å²) in [5.74, 6) is 0.759. The maximum absolute atomic E-state index is 13.2. The van der Waals surface area contributed by atoms with Gasteiger partial charge in [-0.1, -0.05) is 12.1 Å². The number of ether oxygens (including phenoxy) is 2. The largest absolute Gasteiger partial charge is 0.497 e. The fraction of sp³-hybridized carbons (Fsp3) is 0.250. The maximum atomic E-state index is 13.2. The van der Waals surface area contributed by atoms with Gasteiger partial charge in [0.15, 0.2) is 0 Å². The zero-order valence-corrected chi connectivity index (χ0v) is 15.0. The molecule has 0 aromatic heterocycles. The molecule has 0 saturated carbocycles. The standard InChI is InChI=1S/C16H18N2O4S.ClH/c1-21-12-7-8-15(22-2)16(11-12)23(19,20)18-10-9-17-13-5-3-4-6-14(13)18;/h3-8,11,17H,9-10H2,1-2H3;1H. The molecule has 130 valence electrons. The van der Waals surface area contributed by atoms with Gasteiger partial charge < -0.3 is 14.8 Å². The first-order chi connectivity index (χ1) is 11.1. The monoisotopic (exact) mass is 370 g/mol. The molecule has 0 aliphatic carbocycles. The molecule has 2 aromatic rings. The molecule has 1 N–H and O–H groups in total. The Hall–Kier alpha value is -2.12. The molecule has 0 unspecified atom stereocenters. The van der Waals surface area contributed by atoms with E-state index in [1.54, 1.807) is 18.2 Å². The summed E-state index contributed by atoms with van der Waals surface area (Å²) in [5.41, 5.74) is 1.42. The van der Waals surface area contributed by atoms with E-state index in [1.807, 2.05) is 18.2 Å². The van der Waals surface area contributed by atoms with Gasteiger partial charge in [0, 0.05) is 12.6 Å². The molecule has 3 rings (SSSR count). The van der Waals surface area contributed by atoms with Gasteiger partial charge in [-0.25, -0.2) is 8.42 Å². The van der Waals surface area contributed by atoms with Gasteiger partial charge in [0.05, 0.1) is 32.1 Å². The third-order valence-electron chi connectivity index (χ3n) is 3.74. The van der Waals surface area contributed by atoms with Crippen LogP contribution in [0.3, 0.4) is 0 Å².